The van der Waals surface area contributed by atoms with Gasteiger partial charge in [0.25, 0.3) is 0 Å². The van der Waals surface area contributed by atoms with Crippen molar-refractivity contribution >= 4 is 11.6 Å². The molecular weight excluding hydrogens is 252 g/mol. The first kappa shape index (κ1) is 14.3. The minimum absolute atomic E-state index is 0.423. The van der Waals surface area contributed by atoms with Gasteiger partial charge in [0.05, 0.1) is 6.10 Å². The van der Waals surface area contributed by atoms with Gasteiger partial charge in [-0.3, -0.25) is 0 Å². The summed E-state index contributed by atoms with van der Waals surface area (Å²) < 4.78 is 0. The fraction of sp³-hybridized carbons (Fsp3) is 0.333. The number of aliphatic hydroxyl groups is 1. The molecule has 1 atom stereocenters. The van der Waals surface area contributed by atoms with Crippen LogP contribution in [-0.2, 0) is 0 Å². The van der Waals surface area contributed by atoms with E-state index in [0.717, 1.165) is 17.9 Å². The minimum Gasteiger partial charge on any atom is -0.392 e. The average Bonchev–Trinajstić information content (AvgIpc) is 2.46. The van der Waals surface area contributed by atoms with E-state index < -0.39 is 6.10 Å². The standard InChI is InChI=1S/C15H20N4O/c1-3-16-13-9-14(17-10-11(2)20)19-15(18-13)12-7-5-4-6-8-12/h4-9,11,20H,3,10H2,1-2H3,(H2,16,17,18,19). The zero-order chi connectivity index (χ0) is 14.4. The molecule has 5 heteroatoms. The predicted octanol–water partition coefficient (Wildman–Crippen LogP) is 2.37. The monoisotopic (exact) mass is 272 g/mol. The summed E-state index contributed by atoms with van der Waals surface area (Å²) >= 11 is 0. The minimum atomic E-state index is -0.423. The van der Waals surface area contributed by atoms with Crippen LogP contribution >= 0.6 is 0 Å². The lowest BCUT2D eigenvalue weighted by atomic mass is 10.2. The molecule has 1 aromatic heterocycles. The first-order valence-electron chi connectivity index (χ1n) is 6.79. The van der Waals surface area contributed by atoms with Crippen LogP contribution in [0.1, 0.15) is 13.8 Å². The van der Waals surface area contributed by atoms with Gasteiger partial charge in [0.1, 0.15) is 11.6 Å². The van der Waals surface area contributed by atoms with E-state index in [0.29, 0.717) is 18.2 Å². The Morgan fingerprint density at radius 3 is 2.35 bits per heavy atom. The molecule has 2 rings (SSSR count). The molecule has 0 fully saturated rings. The quantitative estimate of drug-likeness (QED) is 0.753. The highest BCUT2D eigenvalue weighted by Gasteiger charge is 2.07. The molecule has 0 radical (unpaired) electrons. The lowest BCUT2D eigenvalue weighted by Gasteiger charge is -2.11. The smallest absolute Gasteiger partial charge is 0.163 e. The third kappa shape index (κ3) is 3.93. The van der Waals surface area contributed by atoms with Crippen LogP contribution in [0, 0.1) is 0 Å². The Hall–Kier alpha value is -2.14. The molecule has 0 saturated carbocycles. The van der Waals surface area contributed by atoms with Gasteiger partial charge in [0.2, 0.25) is 0 Å². The average molecular weight is 272 g/mol. The van der Waals surface area contributed by atoms with Gasteiger partial charge < -0.3 is 15.7 Å². The third-order valence-electron chi connectivity index (χ3n) is 2.69. The van der Waals surface area contributed by atoms with Crippen LogP contribution in [0.3, 0.4) is 0 Å². The van der Waals surface area contributed by atoms with E-state index in [9.17, 15) is 5.11 Å². The van der Waals surface area contributed by atoms with Crippen molar-refractivity contribution in [3.8, 4) is 11.4 Å². The molecule has 2 aromatic rings. The largest absolute Gasteiger partial charge is 0.392 e. The predicted molar refractivity (Wildman–Crippen MR) is 81.8 cm³/mol. The van der Waals surface area contributed by atoms with Crippen LogP contribution in [0.2, 0.25) is 0 Å². The van der Waals surface area contributed by atoms with E-state index in [4.69, 9.17) is 0 Å². The number of nitrogens with one attached hydrogen (secondary N) is 2. The van der Waals surface area contributed by atoms with E-state index in [2.05, 4.69) is 20.6 Å². The number of aromatic nitrogens is 2. The Labute approximate surface area is 119 Å². The van der Waals surface area contributed by atoms with Gasteiger partial charge in [-0.2, -0.15) is 0 Å². The zero-order valence-corrected chi connectivity index (χ0v) is 11.8. The molecule has 0 bridgehead atoms. The Kier molecular flexibility index (Phi) is 4.90. The van der Waals surface area contributed by atoms with Crippen molar-refractivity contribution in [2.45, 2.75) is 20.0 Å². The molecule has 1 unspecified atom stereocenters. The number of hydrogen-bond donors (Lipinski definition) is 3. The van der Waals surface area contributed by atoms with Crippen LogP contribution < -0.4 is 10.6 Å². The van der Waals surface area contributed by atoms with Crippen molar-refractivity contribution in [1.29, 1.82) is 0 Å². The lowest BCUT2D eigenvalue weighted by Crippen LogP contribution is -2.16. The normalized spacial score (nSPS) is 11.9. The SMILES string of the molecule is CCNc1cc(NCC(C)O)nc(-c2ccccc2)n1. The van der Waals surface area contributed by atoms with Crippen molar-refractivity contribution in [1.82, 2.24) is 9.97 Å². The fourth-order valence-electron chi connectivity index (χ4n) is 1.78. The molecular formula is C15H20N4O. The highest BCUT2D eigenvalue weighted by atomic mass is 16.3. The summed E-state index contributed by atoms with van der Waals surface area (Å²) in [6.07, 6.45) is -0.423. The van der Waals surface area contributed by atoms with Gasteiger partial charge in [-0.05, 0) is 13.8 Å². The number of hydrogen-bond acceptors (Lipinski definition) is 5. The lowest BCUT2D eigenvalue weighted by molar-refractivity contribution is 0.208. The van der Waals surface area contributed by atoms with Gasteiger partial charge in [-0.15, -0.1) is 0 Å². The summed E-state index contributed by atoms with van der Waals surface area (Å²) in [5, 5.41) is 15.7. The second kappa shape index (κ2) is 6.86. The van der Waals surface area contributed by atoms with Crippen LogP contribution in [0.4, 0.5) is 11.6 Å². The summed E-state index contributed by atoms with van der Waals surface area (Å²) in [6.45, 7) is 5.00. The third-order valence-corrected chi connectivity index (χ3v) is 2.69. The van der Waals surface area contributed by atoms with E-state index in [1.807, 2.05) is 43.3 Å². The van der Waals surface area contributed by atoms with E-state index in [-0.39, 0.29) is 0 Å². The van der Waals surface area contributed by atoms with Crippen molar-refractivity contribution < 1.29 is 5.11 Å². The first-order valence-corrected chi connectivity index (χ1v) is 6.79. The van der Waals surface area contributed by atoms with Crippen molar-refractivity contribution in [3.63, 3.8) is 0 Å². The Bertz CT molecular complexity index is 543. The van der Waals surface area contributed by atoms with Crippen LogP contribution in [0.5, 0.6) is 0 Å². The van der Waals surface area contributed by atoms with Gasteiger partial charge in [-0.1, -0.05) is 30.3 Å². The highest BCUT2D eigenvalue weighted by Crippen LogP contribution is 2.19. The first-order chi connectivity index (χ1) is 9.69. The van der Waals surface area contributed by atoms with Crippen molar-refractivity contribution in [2.75, 3.05) is 23.7 Å². The zero-order valence-electron chi connectivity index (χ0n) is 11.8. The molecule has 0 aliphatic rings. The molecule has 20 heavy (non-hydrogen) atoms. The number of benzene rings is 1. The molecule has 1 heterocycles. The van der Waals surface area contributed by atoms with Crippen LogP contribution in [-0.4, -0.2) is 34.3 Å². The topological polar surface area (TPSA) is 70.1 Å². The second-order valence-corrected chi connectivity index (χ2v) is 4.59. The second-order valence-electron chi connectivity index (χ2n) is 4.59. The van der Waals surface area contributed by atoms with Gasteiger partial charge in [0.15, 0.2) is 5.82 Å². The maximum atomic E-state index is 9.35. The fourth-order valence-corrected chi connectivity index (χ4v) is 1.78. The number of aliphatic hydroxyl groups excluding tert-OH is 1. The molecule has 0 aliphatic heterocycles. The Morgan fingerprint density at radius 2 is 1.75 bits per heavy atom. The van der Waals surface area contributed by atoms with Crippen molar-refractivity contribution in [2.24, 2.45) is 0 Å². The van der Waals surface area contributed by atoms with Crippen LogP contribution in [0.25, 0.3) is 11.4 Å². The van der Waals surface area contributed by atoms with Gasteiger partial charge in [0, 0.05) is 24.7 Å². The van der Waals surface area contributed by atoms with E-state index >= 15 is 0 Å². The summed E-state index contributed by atoms with van der Waals surface area (Å²) in [5.41, 5.74) is 0.965. The van der Waals surface area contributed by atoms with Crippen LogP contribution in [0.15, 0.2) is 36.4 Å². The van der Waals surface area contributed by atoms with Gasteiger partial charge >= 0.3 is 0 Å². The molecule has 0 saturated heterocycles. The molecule has 0 spiro atoms. The number of anilines is 2. The maximum absolute atomic E-state index is 9.35. The molecule has 1 aromatic carbocycles. The summed E-state index contributed by atoms with van der Waals surface area (Å²) in [4.78, 5) is 8.98. The molecule has 5 nitrogen and oxygen atoms in total. The molecule has 3 N–H and O–H groups in total. The Morgan fingerprint density at radius 1 is 1.10 bits per heavy atom. The number of nitrogens with zero attached hydrogens (tertiary/aromatic N) is 2. The summed E-state index contributed by atoms with van der Waals surface area (Å²) in [6, 6.07) is 11.7. The van der Waals surface area contributed by atoms with Crippen molar-refractivity contribution in [3.05, 3.63) is 36.4 Å². The summed E-state index contributed by atoms with van der Waals surface area (Å²) in [7, 11) is 0. The number of rotatable bonds is 6. The van der Waals surface area contributed by atoms with E-state index in [1.54, 1.807) is 6.92 Å². The summed E-state index contributed by atoms with van der Waals surface area (Å²) in [5.74, 6) is 2.14. The maximum Gasteiger partial charge on any atom is 0.163 e. The van der Waals surface area contributed by atoms with Gasteiger partial charge in [-0.25, -0.2) is 9.97 Å². The molecule has 106 valence electrons. The molecule has 0 aliphatic carbocycles. The van der Waals surface area contributed by atoms with E-state index in [1.165, 1.54) is 0 Å². The highest BCUT2D eigenvalue weighted by molar-refractivity contribution is 5.61. The Balaban J connectivity index is 2.31. The molecule has 0 amide bonds.